The molecule has 7 heteroatoms. The van der Waals surface area contributed by atoms with Crippen molar-refractivity contribution < 1.29 is 28.6 Å². The van der Waals surface area contributed by atoms with Crippen LogP contribution in [-0.4, -0.2) is 43.5 Å². The summed E-state index contributed by atoms with van der Waals surface area (Å²) < 4.78 is 15.7. The number of hydrogen-bond donors (Lipinski definition) is 1. The van der Waals surface area contributed by atoms with E-state index in [-0.39, 0.29) is 37.2 Å². The van der Waals surface area contributed by atoms with Gasteiger partial charge in [-0.15, -0.1) is 0 Å². The van der Waals surface area contributed by atoms with Gasteiger partial charge in [-0.05, 0) is 31.0 Å². The van der Waals surface area contributed by atoms with Crippen molar-refractivity contribution >= 4 is 17.7 Å². The van der Waals surface area contributed by atoms with Gasteiger partial charge in [0.05, 0.1) is 6.42 Å². The minimum atomic E-state index is -0.563. The van der Waals surface area contributed by atoms with Gasteiger partial charge >= 0.3 is 5.97 Å². The van der Waals surface area contributed by atoms with Crippen molar-refractivity contribution in [2.24, 2.45) is 0 Å². The second-order valence-corrected chi connectivity index (χ2v) is 5.78. The first kappa shape index (κ1) is 16.3. The maximum Gasteiger partial charge on any atom is 0.306 e. The number of carbonyl (C=O) groups excluding carboxylic acids is 3. The Bertz CT molecular complexity index is 652. The molecule has 1 amide bonds. The number of carbonyl (C=O) groups is 3. The maximum atomic E-state index is 12.1. The molecule has 0 unspecified atom stereocenters. The number of rotatable bonds is 7. The van der Waals surface area contributed by atoms with E-state index < -0.39 is 5.97 Å². The zero-order chi connectivity index (χ0) is 16.9. The van der Waals surface area contributed by atoms with E-state index in [2.05, 4.69) is 5.32 Å². The van der Waals surface area contributed by atoms with Gasteiger partial charge in [0.2, 0.25) is 0 Å². The number of esters is 1. The van der Waals surface area contributed by atoms with Crippen LogP contribution < -0.4 is 14.8 Å². The molecule has 128 valence electrons. The summed E-state index contributed by atoms with van der Waals surface area (Å²) in [5.41, 5.74) is 0.457. The van der Waals surface area contributed by atoms with Crippen molar-refractivity contribution in [1.29, 1.82) is 0 Å². The van der Waals surface area contributed by atoms with Crippen molar-refractivity contribution in [3.63, 3.8) is 0 Å². The van der Waals surface area contributed by atoms with E-state index in [1.165, 1.54) is 0 Å². The molecular formula is C17H19NO6. The molecule has 1 aliphatic carbocycles. The van der Waals surface area contributed by atoms with Gasteiger partial charge in [-0.2, -0.15) is 0 Å². The highest BCUT2D eigenvalue weighted by Gasteiger charge is 2.23. The van der Waals surface area contributed by atoms with Crippen molar-refractivity contribution in [3.05, 3.63) is 23.8 Å². The van der Waals surface area contributed by atoms with Crippen molar-refractivity contribution in [2.45, 2.75) is 31.7 Å². The van der Waals surface area contributed by atoms with E-state index in [0.717, 1.165) is 12.8 Å². The van der Waals surface area contributed by atoms with Crippen LogP contribution in [0.4, 0.5) is 0 Å². The Morgan fingerprint density at radius 3 is 2.58 bits per heavy atom. The Balaban J connectivity index is 1.42. The minimum Gasteiger partial charge on any atom is -0.486 e. The van der Waals surface area contributed by atoms with Crippen LogP contribution in [0.2, 0.25) is 0 Å². The lowest BCUT2D eigenvalue weighted by Gasteiger charge is -2.18. The van der Waals surface area contributed by atoms with E-state index in [9.17, 15) is 14.4 Å². The van der Waals surface area contributed by atoms with Crippen LogP contribution in [0.3, 0.4) is 0 Å². The Morgan fingerprint density at radius 1 is 1.08 bits per heavy atom. The maximum absolute atomic E-state index is 12.1. The van der Waals surface area contributed by atoms with Crippen LogP contribution in [0.15, 0.2) is 18.2 Å². The molecule has 1 fully saturated rings. The molecular weight excluding hydrogens is 314 g/mol. The van der Waals surface area contributed by atoms with E-state index in [1.54, 1.807) is 18.2 Å². The van der Waals surface area contributed by atoms with Crippen molar-refractivity contribution in [3.8, 4) is 11.5 Å². The molecule has 0 radical (unpaired) electrons. The summed E-state index contributed by atoms with van der Waals surface area (Å²) in [5, 5.41) is 2.72. The van der Waals surface area contributed by atoms with Gasteiger partial charge in [0.25, 0.3) is 5.91 Å². The third-order valence-electron chi connectivity index (χ3n) is 3.73. The first-order chi connectivity index (χ1) is 11.6. The zero-order valence-corrected chi connectivity index (χ0v) is 13.2. The number of nitrogens with one attached hydrogen (secondary N) is 1. The van der Waals surface area contributed by atoms with Gasteiger partial charge in [0.1, 0.15) is 13.2 Å². The largest absolute Gasteiger partial charge is 0.486 e. The Kier molecular flexibility index (Phi) is 4.98. The molecule has 1 saturated carbocycles. The molecule has 0 aromatic heterocycles. The molecule has 2 aliphatic rings. The van der Waals surface area contributed by atoms with E-state index in [4.69, 9.17) is 14.2 Å². The van der Waals surface area contributed by atoms with Gasteiger partial charge in [0, 0.05) is 18.0 Å². The fourth-order valence-corrected chi connectivity index (χ4v) is 2.29. The summed E-state index contributed by atoms with van der Waals surface area (Å²) in [7, 11) is 0. The highest BCUT2D eigenvalue weighted by atomic mass is 16.6. The van der Waals surface area contributed by atoms with Crippen LogP contribution in [0.1, 0.15) is 36.0 Å². The lowest BCUT2D eigenvalue weighted by Crippen LogP contribution is -2.30. The fourth-order valence-electron chi connectivity index (χ4n) is 2.29. The number of Topliss-reactive ketones (excluding diaryl/α,β-unsaturated/α-hetero) is 1. The van der Waals surface area contributed by atoms with Crippen molar-refractivity contribution in [2.75, 3.05) is 19.8 Å². The van der Waals surface area contributed by atoms with Crippen LogP contribution in [0.25, 0.3) is 0 Å². The quantitative estimate of drug-likeness (QED) is 0.596. The molecule has 0 saturated heterocycles. The monoisotopic (exact) mass is 333 g/mol. The standard InChI is InChI=1S/C17H19NO6/c19-13(11-1-5-14-15(9-11)23-8-7-22-14)4-6-17(21)24-10-16(20)18-12-2-3-12/h1,5,9,12H,2-4,6-8,10H2,(H,18,20). The SMILES string of the molecule is O=C(COC(=O)CCC(=O)c1ccc2c(c1)OCCO2)NC1CC1. The van der Waals surface area contributed by atoms with E-state index in [0.29, 0.717) is 30.3 Å². The lowest BCUT2D eigenvalue weighted by molar-refractivity contribution is -0.148. The second-order valence-electron chi connectivity index (χ2n) is 5.78. The van der Waals surface area contributed by atoms with Crippen LogP contribution >= 0.6 is 0 Å². The second kappa shape index (κ2) is 7.33. The van der Waals surface area contributed by atoms with Crippen LogP contribution in [-0.2, 0) is 14.3 Å². The first-order valence-electron chi connectivity index (χ1n) is 7.99. The lowest BCUT2D eigenvalue weighted by atomic mass is 10.1. The third kappa shape index (κ3) is 4.47. The number of fused-ring (bicyclic) bond motifs is 1. The van der Waals surface area contributed by atoms with Crippen LogP contribution in [0.5, 0.6) is 11.5 Å². The Labute approximate surface area is 139 Å². The van der Waals surface area contributed by atoms with Crippen molar-refractivity contribution in [1.82, 2.24) is 5.32 Å². The summed E-state index contributed by atoms with van der Waals surface area (Å²) >= 11 is 0. The normalized spacial score (nSPS) is 15.5. The highest BCUT2D eigenvalue weighted by molar-refractivity contribution is 5.98. The third-order valence-corrected chi connectivity index (χ3v) is 3.73. The molecule has 0 spiro atoms. The molecule has 0 atom stereocenters. The average molecular weight is 333 g/mol. The van der Waals surface area contributed by atoms with Crippen LogP contribution in [0, 0.1) is 0 Å². The first-order valence-corrected chi connectivity index (χ1v) is 7.99. The number of ether oxygens (including phenoxy) is 3. The molecule has 1 aromatic carbocycles. The van der Waals surface area contributed by atoms with Gasteiger partial charge in [0.15, 0.2) is 23.9 Å². The summed E-state index contributed by atoms with van der Waals surface area (Å²) in [5.74, 6) is 0.0903. The minimum absolute atomic E-state index is 0.0166. The zero-order valence-electron chi connectivity index (χ0n) is 13.2. The molecule has 3 rings (SSSR count). The number of benzene rings is 1. The van der Waals surface area contributed by atoms with Gasteiger partial charge in [-0.3, -0.25) is 14.4 Å². The predicted molar refractivity (Wildman–Crippen MR) is 83.1 cm³/mol. The van der Waals surface area contributed by atoms with E-state index >= 15 is 0 Å². The van der Waals surface area contributed by atoms with Gasteiger partial charge in [-0.25, -0.2) is 0 Å². The smallest absolute Gasteiger partial charge is 0.306 e. The molecule has 1 heterocycles. The Morgan fingerprint density at radius 2 is 1.83 bits per heavy atom. The average Bonchev–Trinajstić information content (AvgIpc) is 3.41. The predicted octanol–water partition coefficient (Wildman–Crippen LogP) is 1.24. The van der Waals surface area contributed by atoms with Gasteiger partial charge < -0.3 is 19.5 Å². The summed E-state index contributed by atoms with van der Waals surface area (Å²) in [6, 6.07) is 5.17. The molecule has 24 heavy (non-hydrogen) atoms. The molecule has 0 bridgehead atoms. The van der Waals surface area contributed by atoms with E-state index in [1.807, 2.05) is 0 Å². The summed E-state index contributed by atoms with van der Waals surface area (Å²) in [4.78, 5) is 35.2. The molecule has 7 nitrogen and oxygen atoms in total. The van der Waals surface area contributed by atoms with Gasteiger partial charge in [-0.1, -0.05) is 0 Å². The number of amides is 1. The summed E-state index contributed by atoms with van der Waals surface area (Å²) in [6.07, 6.45) is 1.90. The number of ketones is 1. The number of hydrogen-bond acceptors (Lipinski definition) is 6. The molecule has 1 aromatic rings. The Hall–Kier alpha value is -2.57. The fraction of sp³-hybridized carbons (Fsp3) is 0.471. The molecule has 1 N–H and O–H groups in total. The molecule has 1 aliphatic heterocycles. The topological polar surface area (TPSA) is 90.9 Å². The summed E-state index contributed by atoms with van der Waals surface area (Å²) in [6.45, 7) is 0.633. The highest BCUT2D eigenvalue weighted by Crippen LogP contribution is 2.31.